The number of benzene rings is 2. The Labute approximate surface area is 241 Å². The summed E-state index contributed by atoms with van der Waals surface area (Å²) in [7, 11) is 0.318. The molecule has 1 aliphatic rings. The van der Waals surface area contributed by atoms with E-state index in [1.807, 2.05) is 0 Å². The molecule has 10 nitrogen and oxygen atoms in total. The van der Waals surface area contributed by atoms with Crippen molar-refractivity contribution in [3.8, 4) is 5.75 Å². The lowest BCUT2D eigenvalue weighted by atomic mass is 9.96. The number of hydrogen-bond donors (Lipinski definition) is 2. The fourth-order valence-electron chi connectivity index (χ4n) is 4.34. The molecule has 0 bridgehead atoms. The van der Waals surface area contributed by atoms with E-state index >= 15 is 4.39 Å². The summed E-state index contributed by atoms with van der Waals surface area (Å²) in [6.07, 6.45) is 0.297. The minimum Gasteiger partial charge on any atom is -0.422 e. The Balaban J connectivity index is 1.78. The third-order valence-electron chi connectivity index (χ3n) is 6.59. The fraction of sp³-hybridized carbons (Fsp3) is 0.385. The van der Waals surface area contributed by atoms with Crippen LogP contribution in [0.1, 0.15) is 29.5 Å². The average Bonchev–Trinajstić information content (AvgIpc) is 2.89. The smallest absolute Gasteiger partial charge is 0.414 e. The number of likely N-dealkylation sites (tertiary alicyclic amines) is 1. The molecule has 2 aromatic carbocycles. The van der Waals surface area contributed by atoms with E-state index < -0.39 is 32.1 Å². The van der Waals surface area contributed by atoms with Crippen molar-refractivity contribution in [1.82, 2.24) is 14.5 Å². The van der Waals surface area contributed by atoms with Crippen LogP contribution in [-0.2, 0) is 23.2 Å². The van der Waals surface area contributed by atoms with Gasteiger partial charge in [-0.15, -0.1) is 23.2 Å². The lowest BCUT2D eigenvalue weighted by molar-refractivity contribution is 0.172. The van der Waals surface area contributed by atoms with Crippen molar-refractivity contribution in [1.29, 1.82) is 0 Å². The van der Waals surface area contributed by atoms with Gasteiger partial charge < -0.3 is 14.1 Å². The van der Waals surface area contributed by atoms with E-state index in [1.165, 1.54) is 36.2 Å². The van der Waals surface area contributed by atoms with Gasteiger partial charge in [-0.1, -0.05) is 12.1 Å². The molecule has 1 aliphatic heterocycles. The van der Waals surface area contributed by atoms with Crippen molar-refractivity contribution >= 4 is 56.2 Å². The van der Waals surface area contributed by atoms with E-state index in [2.05, 4.69) is 14.3 Å². The molecule has 0 atom stereocenters. The van der Waals surface area contributed by atoms with Crippen molar-refractivity contribution < 1.29 is 26.8 Å². The van der Waals surface area contributed by atoms with Crippen molar-refractivity contribution in [2.24, 2.45) is 0 Å². The Morgan fingerprint density at radius 2 is 1.88 bits per heavy atom. The lowest BCUT2D eigenvalue weighted by Crippen LogP contribution is -2.38. The summed E-state index contributed by atoms with van der Waals surface area (Å²) in [6.45, 7) is 1.47. The Kier molecular flexibility index (Phi) is 8.96. The van der Waals surface area contributed by atoms with E-state index in [0.717, 1.165) is 0 Å². The quantitative estimate of drug-likeness (QED) is 0.288. The van der Waals surface area contributed by atoms with Crippen molar-refractivity contribution in [3.05, 3.63) is 69.3 Å². The molecule has 14 heteroatoms. The first-order chi connectivity index (χ1) is 18.8. The molecule has 2 heterocycles. The maximum absolute atomic E-state index is 15.4. The molecular weight excluding hydrogens is 586 g/mol. The first-order valence-electron chi connectivity index (χ1n) is 12.3. The molecule has 0 aliphatic carbocycles. The van der Waals surface area contributed by atoms with Crippen LogP contribution in [0, 0.1) is 5.82 Å². The Morgan fingerprint density at radius 3 is 2.52 bits per heavy atom. The number of carbonyl (C=O) groups is 1. The van der Waals surface area contributed by atoms with E-state index in [9.17, 15) is 18.0 Å². The number of nitrogens with zero attached hydrogens (tertiary/aromatic N) is 2. The number of amides is 1. The second-order valence-electron chi connectivity index (χ2n) is 9.66. The number of piperidine rings is 1. The van der Waals surface area contributed by atoms with Gasteiger partial charge in [0.05, 0.1) is 5.69 Å². The highest BCUT2D eigenvalue weighted by atomic mass is 35.5. The summed E-state index contributed by atoms with van der Waals surface area (Å²) < 4.78 is 53.6. The molecule has 40 heavy (non-hydrogen) atoms. The van der Waals surface area contributed by atoms with E-state index in [0.29, 0.717) is 43.4 Å². The highest BCUT2D eigenvalue weighted by molar-refractivity contribution is 7.90. The van der Waals surface area contributed by atoms with Crippen LogP contribution in [-0.4, -0.2) is 62.9 Å². The number of alkyl halides is 2. The Morgan fingerprint density at radius 1 is 1.18 bits per heavy atom. The zero-order valence-electron chi connectivity index (χ0n) is 22.1. The van der Waals surface area contributed by atoms with Gasteiger partial charge in [0.15, 0.2) is 5.82 Å². The Hall–Kier alpha value is -2.90. The van der Waals surface area contributed by atoms with Crippen LogP contribution < -0.4 is 19.8 Å². The lowest BCUT2D eigenvalue weighted by Gasteiger charge is -2.34. The van der Waals surface area contributed by atoms with E-state index in [1.54, 1.807) is 26.2 Å². The summed E-state index contributed by atoms with van der Waals surface area (Å²) >= 11 is 12.6. The number of hydrogen-bond acceptors (Lipinski definition) is 7. The topological polar surface area (TPSA) is 121 Å². The number of nitrogens with one attached hydrogen (secondary N) is 2. The first-order valence-corrected chi connectivity index (χ1v) is 14.6. The summed E-state index contributed by atoms with van der Waals surface area (Å²) in [5.41, 5.74) is 0.160. The van der Waals surface area contributed by atoms with Gasteiger partial charge in [0.25, 0.3) is 10.2 Å². The number of anilines is 1. The molecule has 0 unspecified atom stereocenters. The number of rotatable bonds is 8. The summed E-state index contributed by atoms with van der Waals surface area (Å²) in [4.78, 5) is 28.7. The highest BCUT2D eigenvalue weighted by Crippen LogP contribution is 2.35. The number of ether oxygens (including phenoxy) is 1. The Bertz CT molecular complexity index is 1590. The minimum absolute atomic E-state index is 0.0971. The third-order valence-corrected chi connectivity index (χ3v) is 8.37. The van der Waals surface area contributed by atoms with Gasteiger partial charge in [-0.25, -0.2) is 18.7 Å². The predicted octanol–water partition coefficient (Wildman–Crippen LogP) is 4.23. The molecule has 1 fully saturated rings. The van der Waals surface area contributed by atoms with Crippen LogP contribution in [0.15, 0.2) is 45.6 Å². The highest BCUT2D eigenvalue weighted by Gasteiger charge is 2.31. The first kappa shape index (κ1) is 30.1. The van der Waals surface area contributed by atoms with Crippen LogP contribution in [0.3, 0.4) is 0 Å². The third kappa shape index (κ3) is 7.05. The van der Waals surface area contributed by atoms with Crippen molar-refractivity contribution in [3.63, 3.8) is 0 Å². The van der Waals surface area contributed by atoms with Crippen LogP contribution in [0.5, 0.6) is 5.75 Å². The molecule has 4 rings (SSSR count). The van der Waals surface area contributed by atoms with Gasteiger partial charge in [-0.05, 0) is 42.2 Å². The SMILES string of the molecule is CNS(=O)(=O)Nc1cccc(Cc2c(CN3CCC(Cl)(Cl)CC3)c3ccc(OC(=O)N(C)C)cc3oc2=O)c1F. The van der Waals surface area contributed by atoms with Crippen LogP contribution in [0.4, 0.5) is 14.9 Å². The molecular formula is C26H29Cl2FN4O6S. The van der Waals surface area contributed by atoms with E-state index in [4.69, 9.17) is 32.4 Å². The average molecular weight is 616 g/mol. The summed E-state index contributed by atoms with van der Waals surface area (Å²) in [6, 6.07) is 8.97. The minimum atomic E-state index is -3.96. The van der Waals surface area contributed by atoms with Gasteiger partial charge in [0.1, 0.15) is 15.7 Å². The normalized spacial score (nSPS) is 15.7. The molecule has 2 N–H and O–H groups in total. The van der Waals surface area contributed by atoms with Crippen LogP contribution in [0.25, 0.3) is 11.0 Å². The van der Waals surface area contributed by atoms with Crippen molar-refractivity contribution in [2.75, 3.05) is 39.0 Å². The standard InChI is InChI=1S/C26H29Cl2FN4O6S/c1-30-40(36,37)31-21-6-4-5-16(23(21)29)13-19-20(15-33-11-9-26(27,28)10-12-33)18-8-7-17(38-25(35)32(2)3)14-22(18)39-24(19)34/h4-8,14,30-31H,9-13,15H2,1-3H3. The fourth-order valence-corrected chi connectivity index (χ4v) is 5.23. The molecule has 1 aromatic heterocycles. The van der Waals surface area contributed by atoms with Gasteiger partial charge in [-0.3, -0.25) is 9.62 Å². The van der Waals surface area contributed by atoms with Crippen LogP contribution in [0.2, 0.25) is 0 Å². The maximum Gasteiger partial charge on any atom is 0.414 e. The molecule has 0 radical (unpaired) electrons. The molecule has 0 spiro atoms. The zero-order chi connectivity index (χ0) is 29.2. The van der Waals surface area contributed by atoms with Gasteiger partial charge in [-0.2, -0.15) is 8.42 Å². The maximum atomic E-state index is 15.4. The van der Waals surface area contributed by atoms with Gasteiger partial charge in [0.2, 0.25) is 0 Å². The second-order valence-corrected chi connectivity index (χ2v) is 12.9. The van der Waals surface area contributed by atoms with Gasteiger partial charge >= 0.3 is 11.7 Å². The van der Waals surface area contributed by atoms with E-state index in [-0.39, 0.29) is 34.6 Å². The molecule has 0 saturated carbocycles. The monoisotopic (exact) mass is 614 g/mol. The van der Waals surface area contributed by atoms with Crippen molar-refractivity contribution in [2.45, 2.75) is 30.1 Å². The molecule has 3 aromatic rings. The largest absolute Gasteiger partial charge is 0.422 e. The number of halogens is 3. The van der Waals surface area contributed by atoms with Crippen LogP contribution >= 0.6 is 23.2 Å². The summed E-state index contributed by atoms with van der Waals surface area (Å²) in [5.74, 6) is -0.625. The second kappa shape index (κ2) is 11.9. The molecule has 216 valence electrons. The molecule has 1 saturated heterocycles. The van der Waals surface area contributed by atoms with Gasteiger partial charge in [0, 0.05) is 64.2 Å². The zero-order valence-corrected chi connectivity index (χ0v) is 24.4. The summed E-state index contributed by atoms with van der Waals surface area (Å²) in [5, 5.41) is 0.584. The number of fused-ring (bicyclic) bond motifs is 1. The molecule has 1 amide bonds. The predicted molar refractivity (Wildman–Crippen MR) is 152 cm³/mol. The number of carbonyl (C=O) groups excluding carboxylic acids is 1.